The Bertz CT molecular complexity index is 937. The van der Waals surface area contributed by atoms with Gasteiger partial charge in [0.1, 0.15) is 5.75 Å². The average molecular weight is 385 g/mol. The zero-order valence-corrected chi connectivity index (χ0v) is 15.7. The summed E-state index contributed by atoms with van der Waals surface area (Å²) >= 11 is 7.30. The molecule has 26 heavy (non-hydrogen) atoms. The van der Waals surface area contributed by atoms with E-state index < -0.39 is 0 Å². The highest BCUT2D eigenvalue weighted by Gasteiger charge is 2.10. The molecule has 0 aliphatic heterocycles. The maximum Gasteiger partial charge on any atom is 0.250 e. The summed E-state index contributed by atoms with van der Waals surface area (Å²) in [6, 6.07) is 15.0. The van der Waals surface area contributed by atoms with Crippen molar-refractivity contribution in [2.75, 3.05) is 11.9 Å². The Balaban J connectivity index is 1.70. The summed E-state index contributed by atoms with van der Waals surface area (Å²) in [6.45, 7) is 2.52. The van der Waals surface area contributed by atoms with E-state index in [4.69, 9.17) is 16.3 Å². The number of benzene rings is 2. The van der Waals surface area contributed by atoms with Gasteiger partial charge in [-0.25, -0.2) is 4.98 Å². The second-order valence-electron chi connectivity index (χ2n) is 5.34. The Morgan fingerprint density at radius 2 is 2.12 bits per heavy atom. The number of carbonyl (C=O) groups is 1. The predicted octanol–water partition coefficient (Wildman–Crippen LogP) is 5.51. The first kappa shape index (κ1) is 18.2. The molecule has 0 aliphatic rings. The molecular weight excluding hydrogens is 368 g/mol. The molecule has 2 aromatic carbocycles. The van der Waals surface area contributed by atoms with Crippen molar-refractivity contribution >= 4 is 40.1 Å². The van der Waals surface area contributed by atoms with E-state index in [-0.39, 0.29) is 5.91 Å². The number of nitrogens with one attached hydrogen (secondary N) is 1. The predicted molar refractivity (Wildman–Crippen MR) is 108 cm³/mol. The first-order valence-electron chi connectivity index (χ1n) is 8.08. The van der Waals surface area contributed by atoms with E-state index in [2.05, 4.69) is 10.3 Å². The fraction of sp³-hybridized carbons (Fsp3) is 0.100. The molecule has 0 spiro atoms. The van der Waals surface area contributed by atoms with Crippen LogP contribution in [0.5, 0.6) is 5.75 Å². The fourth-order valence-electron chi connectivity index (χ4n) is 2.34. The summed E-state index contributed by atoms with van der Waals surface area (Å²) in [4.78, 5) is 16.6. The number of amides is 1. The molecule has 132 valence electrons. The minimum atomic E-state index is -0.246. The molecular formula is C20H17ClN2O2S. The monoisotopic (exact) mass is 384 g/mol. The summed E-state index contributed by atoms with van der Waals surface area (Å²) in [5.74, 6) is 0.531. The number of nitrogens with zero attached hydrogens (tertiary/aromatic N) is 1. The third-order valence-electron chi connectivity index (χ3n) is 3.47. The lowest BCUT2D eigenvalue weighted by molar-refractivity contribution is -0.111. The molecule has 1 N–H and O–H groups in total. The largest absolute Gasteiger partial charge is 0.493 e. The molecule has 0 unspecified atom stereocenters. The summed E-state index contributed by atoms with van der Waals surface area (Å²) in [5, 5.41) is 5.84. The highest BCUT2D eigenvalue weighted by atomic mass is 35.5. The molecule has 0 fully saturated rings. The van der Waals surface area contributed by atoms with E-state index in [1.54, 1.807) is 18.2 Å². The molecule has 0 bridgehead atoms. The van der Waals surface area contributed by atoms with Crippen LogP contribution >= 0.6 is 22.9 Å². The molecule has 0 aliphatic carbocycles. The van der Waals surface area contributed by atoms with Gasteiger partial charge in [0, 0.05) is 22.0 Å². The number of ether oxygens (including phenoxy) is 1. The Morgan fingerprint density at radius 3 is 2.92 bits per heavy atom. The van der Waals surface area contributed by atoms with Crippen LogP contribution in [0.3, 0.4) is 0 Å². The maximum absolute atomic E-state index is 12.1. The van der Waals surface area contributed by atoms with E-state index >= 15 is 0 Å². The van der Waals surface area contributed by atoms with E-state index in [1.165, 1.54) is 17.4 Å². The Hall–Kier alpha value is -2.63. The van der Waals surface area contributed by atoms with Crippen molar-refractivity contribution in [3.8, 4) is 17.0 Å². The van der Waals surface area contributed by atoms with Crippen molar-refractivity contribution in [3.63, 3.8) is 0 Å². The summed E-state index contributed by atoms with van der Waals surface area (Å²) in [6.07, 6.45) is 3.17. The first-order valence-corrected chi connectivity index (χ1v) is 9.34. The Morgan fingerprint density at radius 1 is 1.27 bits per heavy atom. The van der Waals surface area contributed by atoms with Crippen molar-refractivity contribution in [2.24, 2.45) is 0 Å². The zero-order valence-electron chi connectivity index (χ0n) is 14.1. The highest BCUT2D eigenvalue weighted by Crippen LogP contribution is 2.32. The number of hydrogen-bond acceptors (Lipinski definition) is 4. The molecule has 1 aromatic heterocycles. The van der Waals surface area contributed by atoms with Crippen molar-refractivity contribution in [2.45, 2.75) is 6.92 Å². The second kappa shape index (κ2) is 8.65. The van der Waals surface area contributed by atoms with Crippen molar-refractivity contribution in [3.05, 3.63) is 70.6 Å². The normalized spacial score (nSPS) is 10.8. The van der Waals surface area contributed by atoms with E-state index in [1.807, 2.05) is 48.7 Å². The van der Waals surface area contributed by atoms with Crippen molar-refractivity contribution in [1.82, 2.24) is 4.98 Å². The van der Waals surface area contributed by atoms with Crippen LogP contribution in [0.25, 0.3) is 17.3 Å². The number of carbonyl (C=O) groups excluding carboxylic acids is 1. The third-order valence-corrected chi connectivity index (χ3v) is 4.47. The Kier molecular flexibility index (Phi) is 6.04. The van der Waals surface area contributed by atoms with Crippen LogP contribution in [0.2, 0.25) is 5.02 Å². The number of anilines is 1. The minimum absolute atomic E-state index is 0.246. The highest BCUT2D eigenvalue weighted by molar-refractivity contribution is 7.14. The number of thiazole rings is 1. The molecule has 1 heterocycles. The first-order chi connectivity index (χ1) is 12.7. The quantitative estimate of drug-likeness (QED) is 0.570. The maximum atomic E-state index is 12.1. The number of aromatic nitrogens is 1. The van der Waals surface area contributed by atoms with Gasteiger partial charge in [0.25, 0.3) is 0 Å². The van der Waals surface area contributed by atoms with Gasteiger partial charge in [0.15, 0.2) is 5.13 Å². The molecule has 6 heteroatoms. The van der Waals surface area contributed by atoms with Gasteiger partial charge in [-0.2, -0.15) is 0 Å². The lowest BCUT2D eigenvalue weighted by Crippen LogP contribution is -2.07. The average Bonchev–Trinajstić information content (AvgIpc) is 3.09. The topological polar surface area (TPSA) is 51.2 Å². The van der Waals surface area contributed by atoms with Crippen LogP contribution in [0, 0.1) is 0 Å². The van der Waals surface area contributed by atoms with Crippen molar-refractivity contribution in [1.29, 1.82) is 0 Å². The Labute approximate surface area is 161 Å². The van der Waals surface area contributed by atoms with E-state index in [9.17, 15) is 4.79 Å². The van der Waals surface area contributed by atoms with Gasteiger partial charge < -0.3 is 4.74 Å². The summed E-state index contributed by atoms with van der Waals surface area (Å²) in [7, 11) is 0. The third kappa shape index (κ3) is 4.71. The van der Waals surface area contributed by atoms with Crippen LogP contribution in [0.1, 0.15) is 12.5 Å². The minimum Gasteiger partial charge on any atom is -0.493 e. The second-order valence-corrected chi connectivity index (χ2v) is 6.64. The molecule has 0 atom stereocenters. The lowest BCUT2D eigenvalue weighted by atomic mass is 10.1. The van der Waals surface area contributed by atoms with Crippen LogP contribution in [-0.4, -0.2) is 17.5 Å². The van der Waals surface area contributed by atoms with Crippen LogP contribution < -0.4 is 10.1 Å². The summed E-state index contributed by atoms with van der Waals surface area (Å²) in [5.41, 5.74) is 2.53. The summed E-state index contributed by atoms with van der Waals surface area (Å²) < 4.78 is 5.63. The molecule has 3 rings (SSSR count). The number of halogens is 1. The van der Waals surface area contributed by atoms with Crippen LogP contribution in [-0.2, 0) is 4.79 Å². The molecule has 0 saturated carbocycles. The molecule has 0 saturated heterocycles. The van der Waals surface area contributed by atoms with E-state index in [0.29, 0.717) is 16.8 Å². The standard InChI is InChI=1S/C20H17ClN2O2S/c1-2-25-18-9-4-3-8-16(18)17-13-26-20(22-17)23-19(24)11-10-14-6-5-7-15(21)12-14/h3-13H,2H2,1H3,(H,22,23,24). The molecule has 0 radical (unpaired) electrons. The number of hydrogen-bond donors (Lipinski definition) is 1. The van der Waals surface area contributed by atoms with Gasteiger partial charge in [0.05, 0.1) is 12.3 Å². The molecule has 4 nitrogen and oxygen atoms in total. The SMILES string of the molecule is CCOc1ccccc1-c1csc(NC(=O)C=Cc2cccc(Cl)c2)n1. The van der Waals surface area contributed by atoms with Gasteiger partial charge in [-0.05, 0) is 42.8 Å². The lowest BCUT2D eigenvalue weighted by Gasteiger charge is -2.07. The number of para-hydroxylation sites is 1. The van der Waals surface area contributed by atoms with Crippen LogP contribution in [0.4, 0.5) is 5.13 Å². The van der Waals surface area contributed by atoms with E-state index in [0.717, 1.165) is 22.6 Å². The fourth-order valence-corrected chi connectivity index (χ4v) is 3.26. The van der Waals surface area contributed by atoms with Gasteiger partial charge in [0.2, 0.25) is 5.91 Å². The van der Waals surface area contributed by atoms with Gasteiger partial charge >= 0.3 is 0 Å². The van der Waals surface area contributed by atoms with Crippen LogP contribution in [0.15, 0.2) is 60.0 Å². The van der Waals surface area contributed by atoms with Gasteiger partial charge in [-0.1, -0.05) is 35.9 Å². The zero-order chi connectivity index (χ0) is 18.4. The number of rotatable bonds is 6. The van der Waals surface area contributed by atoms with Gasteiger partial charge in [-0.3, -0.25) is 10.1 Å². The molecule has 3 aromatic rings. The van der Waals surface area contributed by atoms with Gasteiger partial charge in [-0.15, -0.1) is 11.3 Å². The smallest absolute Gasteiger partial charge is 0.250 e. The molecule has 1 amide bonds. The van der Waals surface area contributed by atoms with Crippen molar-refractivity contribution < 1.29 is 9.53 Å².